The maximum absolute atomic E-state index is 12.3. The van der Waals surface area contributed by atoms with E-state index in [1.165, 1.54) is 11.3 Å². The molecule has 0 aliphatic carbocycles. The number of rotatable bonds is 3. The van der Waals surface area contributed by atoms with Gasteiger partial charge in [0.05, 0.1) is 5.69 Å². The maximum atomic E-state index is 12.3. The maximum Gasteiger partial charge on any atom is 0.257 e. The van der Waals surface area contributed by atoms with Crippen molar-refractivity contribution in [2.45, 2.75) is 20.3 Å². The molecule has 0 saturated heterocycles. The Labute approximate surface area is 127 Å². The molecule has 5 heteroatoms. The number of hydrogen-bond acceptors (Lipinski definition) is 3. The first-order chi connectivity index (χ1) is 10.1. The monoisotopic (exact) mass is 299 g/mol. The number of carbonyl (C=O) groups excluding carboxylic acids is 1. The molecule has 0 atom stereocenters. The molecule has 0 spiro atoms. The minimum Gasteiger partial charge on any atom is -0.351 e. The van der Waals surface area contributed by atoms with Crippen molar-refractivity contribution in [3.63, 3.8) is 0 Å². The third-order valence-electron chi connectivity index (χ3n) is 3.60. The zero-order valence-electron chi connectivity index (χ0n) is 12.3. The van der Waals surface area contributed by atoms with Gasteiger partial charge in [-0.25, -0.2) is 4.98 Å². The number of benzene rings is 1. The molecular formula is C16H17N3OS. The summed E-state index contributed by atoms with van der Waals surface area (Å²) in [6.07, 6.45) is 2.87. The van der Waals surface area contributed by atoms with E-state index in [1.54, 1.807) is 0 Å². The number of hydrogen-bond donors (Lipinski definition) is 1. The summed E-state index contributed by atoms with van der Waals surface area (Å²) in [4.78, 5) is 17.9. The topological polar surface area (TPSA) is 46.9 Å². The van der Waals surface area contributed by atoms with Crippen LogP contribution in [0.5, 0.6) is 0 Å². The molecule has 3 rings (SSSR count). The average molecular weight is 299 g/mol. The second kappa shape index (κ2) is 5.33. The lowest BCUT2D eigenvalue weighted by Crippen LogP contribution is -2.11. The van der Waals surface area contributed by atoms with Crippen molar-refractivity contribution in [3.8, 4) is 0 Å². The highest BCUT2D eigenvalue weighted by molar-refractivity contribution is 7.15. The quantitative estimate of drug-likeness (QED) is 0.800. The van der Waals surface area contributed by atoms with Crippen LogP contribution in [-0.4, -0.2) is 15.5 Å². The summed E-state index contributed by atoms with van der Waals surface area (Å²) in [5.74, 6) is -0.114. The Bertz CT molecular complexity index is 816. The second-order valence-electron chi connectivity index (χ2n) is 5.03. The number of carbonyl (C=O) groups is 1. The fourth-order valence-corrected chi connectivity index (χ4v) is 3.30. The van der Waals surface area contributed by atoms with Gasteiger partial charge in [-0.2, -0.15) is 0 Å². The van der Waals surface area contributed by atoms with E-state index in [2.05, 4.69) is 17.2 Å². The van der Waals surface area contributed by atoms with Gasteiger partial charge in [0.25, 0.3) is 5.91 Å². The predicted molar refractivity (Wildman–Crippen MR) is 87.1 cm³/mol. The van der Waals surface area contributed by atoms with Crippen LogP contribution in [0.4, 0.5) is 5.13 Å². The highest BCUT2D eigenvalue weighted by Gasteiger charge is 2.12. The first-order valence-electron chi connectivity index (χ1n) is 6.91. The van der Waals surface area contributed by atoms with E-state index in [0.717, 1.165) is 27.9 Å². The van der Waals surface area contributed by atoms with Gasteiger partial charge in [0.15, 0.2) is 5.13 Å². The van der Waals surface area contributed by atoms with Crippen molar-refractivity contribution in [3.05, 3.63) is 46.6 Å². The highest BCUT2D eigenvalue weighted by atomic mass is 32.1. The normalized spacial score (nSPS) is 11.0. The Kier molecular flexibility index (Phi) is 3.51. The summed E-state index contributed by atoms with van der Waals surface area (Å²) in [6.45, 7) is 4.10. The fraction of sp³-hybridized carbons (Fsp3) is 0.250. The lowest BCUT2D eigenvalue weighted by molar-refractivity contribution is 0.102. The van der Waals surface area contributed by atoms with Crippen molar-refractivity contribution in [1.29, 1.82) is 0 Å². The molecule has 0 unspecified atom stereocenters. The molecule has 4 nitrogen and oxygen atoms in total. The number of nitrogens with one attached hydrogen (secondary N) is 1. The van der Waals surface area contributed by atoms with E-state index in [9.17, 15) is 4.79 Å². The average Bonchev–Trinajstić information content (AvgIpc) is 3.01. The molecule has 0 aliphatic rings. The number of amides is 1. The Hall–Kier alpha value is -2.14. The largest absolute Gasteiger partial charge is 0.351 e. The summed E-state index contributed by atoms with van der Waals surface area (Å²) >= 11 is 1.52. The standard InChI is InChI=1S/C16H17N3OS/c1-4-13-10(2)21-16(17-13)18-15(20)12-5-6-14-11(9-12)7-8-19(14)3/h5-9H,4H2,1-3H3,(H,17,18,20). The van der Waals surface area contributed by atoms with Crippen LogP contribution in [0.2, 0.25) is 0 Å². The number of anilines is 1. The third kappa shape index (κ3) is 2.56. The molecule has 1 N–H and O–H groups in total. The SMILES string of the molecule is CCc1nc(NC(=O)c2ccc3c(ccn3C)c2)sc1C. The van der Waals surface area contributed by atoms with E-state index in [0.29, 0.717) is 10.7 Å². The Morgan fingerprint density at radius 2 is 2.19 bits per heavy atom. The van der Waals surface area contributed by atoms with Gasteiger partial charge in [0, 0.05) is 34.6 Å². The molecule has 0 saturated carbocycles. The fourth-order valence-electron chi connectivity index (χ4n) is 2.40. The highest BCUT2D eigenvalue weighted by Crippen LogP contribution is 2.23. The van der Waals surface area contributed by atoms with Crippen molar-refractivity contribution in [2.75, 3.05) is 5.32 Å². The van der Waals surface area contributed by atoms with E-state index in [-0.39, 0.29) is 5.91 Å². The lowest BCUT2D eigenvalue weighted by Gasteiger charge is -2.03. The zero-order valence-corrected chi connectivity index (χ0v) is 13.1. The molecule has 0 fully saturated rings. The van der Waals surface area contributed by atoms with Crippen LogP contribution in [0.3, 0.4) is 0 Å². The lowest BCUT2D eigenvalue weighted by atomic mass is 10.1. The smallest absolute Gasteiger partial charge is 0.257 e. The summed E-state index contributed by atoms with van der Waals surface area (Å²) in [7, 11) is 1.99. The first kappa shape index (κ1) is 13.8. The van der Waals surface area contributed by atoms with E-state index >= 15 is 0 Å². The Morgan fingerprint density at radius 1 is 1.38 bits per heavy atom. The summed E-state index contributed by atoms with van der Waals surface area (Å²) in [5.41, 5.74) is 2.82. The molecule has 2 aromatic heterocycles. The summed E-state index contributed by atoms with van der Waals surface area (Å²) < 4.78 is 2.04. The molecule has 0 aliphatic heterocycles. The van der Waals surface area contributed by atoms with Gasteiger partial charge >= 0.3 is 0 Å². The van der Waals surface area contributed by atoms with Crippen molar-refractivity contribution in [1.82, 2.24) is 9.55 Å². The number of aromatic nitrogens is 2. The molecule has 1 aromatic carbocycles. The van der Waals surface area contributed by atoms with Crippen LogP contribution < -0.4 is 5.32 Å². The second-order valence-corrected chi connectivity index (χ2v) is 6.23. The molecular weight excluding hydrogens is 282 g/mol. The summed E-state index contributed by atoms with van der Waals surface area (Å²) in [6, 6.07) is 7.73. The molecule has 108 valence electrons. The molecule has 3 aromatic rings. The van der Waals surface area contributed by atoms with Crippen LogP contribution in [0.25, 0.3) is 10.9 Å². The zero-order chi connectivity index (χ0) is 15.0. The van der Waals surface area contributed by atoms with E-state index in [1.807, 2.05) is 49.0 Å². The number of fused-ring (bicyclic) bond motifs is 1. The molecule has 0 bridgehead atoms. The van der Waals surface area contributed by atoms with Crippen LogP contribution >= 0.6 is 11.3 Å². The van der Waals surface area contributed by atoms with E-state index in [4.69, 9.17) is 0 Å². The predicted octanol–water partition coefficient (Wildman–Crippen LogP) is 3.76. The molecule has 1 amide bonds. The van der Waals surface area contributed by atoms with Crippen LogP contribution in [0, 0.1) is 6.92 Å². The van der Waals surface area contributed by atoms with Crippen LogP contribution in [0.1, 0.15) is 27.9 Å². The molecule has 21 heavy (non-hydrogen) atoms. The number of aryl methyl sites for hydroxylation is 3. The van der Waals surface area contributed by atoms with Gasteiger partial charge < -0.3 is 4.57 Å². The van der Waals surface area contributed by atoms with Crippen LogP contribution in [-0.2, 0) is 13.5 Å². The van der Waals surface area contributed by atoms with Crippen LogP contribution in [0.15, 0.2) is 30.5 Å². The Balaban J connectivity index is 1.85. The third-order valence-corrected chi connectivity index (χ3v) is 4.52. The van der Waals surface area contributed by atoms with Gasteiger partial charge in [-0.05, 0) is 37.6 Å². The van der Waals surface area contributed by atoms with Gasteiger partial charge in [-0.3, -0.25) is 10.1 Å². The first-order valence-corrected chi connectivity index (χ1v) is 7.73. The van der Waals surface area contributed by atoms with Gasteiger partial charge in [0.1, 0.15) is 0 Å². The summed E-state index contributed by atoms with van der Waals surface area (Å²) in [5, 5.41) is 4.62. The molecule has 0 radical (unpaired) electrons. The van der Waals surface area contributed by atoms with Crippen molar-refractivity contribution >= 4 is 33.3 Å². The Morgan fingerprint density at radius 3 is 2.90 bits per heavy atom. The number of nitrogens with zero attached hydrogens (tertiary/aromatic N) is 2. The van der Waals surface area contributed by atoms with Crippen molar-refractivity contribution in [2.24, 2.45) is 7.05 Å². The van der Waals surface area contributed by atoms with Gasteiger partial charge in [-0.1, -0.05) is 6.92 Å². The minimum atomic E-state index is -0.114. The molecule has 2 heterocycles. The minimum absolute atomic E-state index is 0.114. The number of thiazole rings is 1. The van der Waals surface area contributed by atoms with E-state index < -0.39 is 0 Å². The van der Waals surface area contributed by atoms with Crippen molar-refractivity contribution < 1.29 is 4.79 Å². The van der Waals surface area contributed by atoms with Gasteiger partial charge in [0.2, 0.25) is 0 Å². The van der Waals surface area contributed by atoms with Gasteiger partial charge in [-0.15, -0.1) is 11.3 Å².